The van der Waals surface area contributed by atoms with Crippen LogP contribution in [0.4, 0.5) is 5.69 Å². The zero-order chi connectivity index (χ0) is 14.4. The minimum absolute atomic E-state index is 0.0124. The highest BCUT2D eigenvalue weighted by atomic mass is 16.2. The molecule has 0 saturated heterocycles. The van der Waals surface area contributed by atoms with Gasteiger partial charge in [-0.25, -0.2) is 0 Å². The van der Waals surface area contributed by atoms with Crippen LogP contribution in [0.3, 0.4) is 0 Å². The van der Waals surface area contributed by atoms with Crippen LogP contribution in [0.2, 0.25) is 0 Å². The number of rotatable bonds is 5. The van der Waals surface area contributed by atoms with Gasteiger partial charge in [0.25, 0.3) is 5.91 Å². The van der Waals surface area contributed by atoms with Crippen LogP contribution < -0.4 is 5.32 Å². The topological polar surface area (TPSA) is 45.2 Å². The smallest absolute Gasteiger partial charge is 0.255 e. The van der Waals surface area contributed by atoms with Crippen molar-refractivity contribution in [3.8, 4) is 0 Å². The third-order valence-electron chi connectivity index (χ3n) is 3.04. The van der Waals surface area contributed by atoms with Gasteiger partial charge in [0.15, 0.2) is 0 Å². The van der Waals surface area contributed by atoms with Crippen LogP contribution in [0.15, 0.2) is 48.8 Å². The van der Waals surface area contributed by atoms with Crippen molar-refractivity contribution in [2.24, 2.45) is 0 Å². The molecule has 0 bridgehead atoms. The fraction of sp³-hybridized carbons (Fsp3) is 0.250. The number of carbonyl (C=O) groups excluding carboxylic acids is 1. The first-order chi connectivity index (χ1) is 9.72. The summed E-state index contributed by atoms with van der Waals surface area (Å²) in [4.78, 5) is 18.2. The summed E-state index contributed by atoms with van der Waals surface area (Å²) in [5.41, 5.74) is 2.64. The number of nitrogens with zero attached hydrogens (tertiary/aromatic N) is 2. The van der Waals surface area contributed by atoms with Crippen molar-refractivity contribution in [2.45, 2.75) is 13.5 Å². The highest BCUT2D eigenvalue weighted by Crippen LogP contribution is 2.17. The van der Waals surface area contributed by atoms with Crippen LogP contribution in [0.25, 0.3) is 0 Å². The summed E-state index contributed by atoms with van der Waals surface area (Å²) in [5, 5.41) is 3.22. The molecule has 0 fully saturated rings. The SMILES string of the molecule is CCNc1ccccc1C(=O)N(C)Cc1ccncc1. The van der Waals surface area contributed by atoms with Gasteiger partial charge in [0.1, 0.15) is 0 Å². The van der Waals surface area contributed by atoms with Gasteiger partial charge in [-0.05, 0) is 36.8 Å². The molecule has 2 rings (SSSR count). The van der Waals surface area contributed by atoms with Crippen LogP contribution in [0, 0.1) is 0 Å². The molecule has 104 valence electrons. The maximum atomic E-state index is 12.5. The summed E-state index contributed by atoms with van der Waals surface area (Å²) in [5.74, 6) is 0.0124. The Morgan fingerprint density at radius 3 is 2.60 bits per heavy atom. The lowest BCUT2D eigenvalue weighted by Crippen LogP contribution is -2.27. The molecule has 0 saturated carbocycles. The maximum Gasteiger partial charge on any atom is 0.255 e. The Balaban J connectivity index is 2.14. The molecule has 1 aromatic heterocycles. The number of hydrogen-bond acceptors (Lipinski definition) is 3. The summed E-state index contributed by atoms with van der Waals surface area (Å²) in [6, 6.07) is 11.4. The van der Waals surface area contributed by atoms with Gasteiger partial charge in [0.05, 0.1) is 5.56 Å². The zero-order valence-corrected chi connectivity index (χ0v) is 11.8. The van der Waals surface area contributed by atoms with E-state index in [1.807, 2.05) is 50.4 Å². The number of benzene rings is 1. The Morgan fingerprint density at radius 2 is 1.90 bits per heavy atom. The summed E-state index contributed by atoms with van der Waals surface area (Å²) in [7, 11) is 1.81. The van der Waals surface area contributed by atoms with Crippen molar-refractivity contribution in [1.29, 1.82) is 0 Å². The summed E-state index contributed by atoms with van der Waals surface area (Å²) < 4.78 is 0. The molecule has 0 atom stereocenters. The van der Waals surface area contributed by atoms with Crippen LogP contribution in [-0.2, 0) is 6.54 Å². The number of hydrogen-bond donors (Lipinski definition) is 1. The number of anilines is 1. The Kier molecular flexibility index (Phi) is 4.71. The minimum atomic E-state index is 0.0124. The maximum absolute atomic E-state index is 12.5. The Labute approximate surface area is 119 Å². The molecule has 2 aromatic rings. The molecule has 0 unspecified atom stereocenters. The second-order valence-electron chi connectivity index (χ2n) is 4.59. The van der Waals surface area contributed by atoms with Gasteiger partial charge in [-0.15, -0.1) is 0 Å². The standard InChI is InChI=1S/C16H19N3O/c1-3-18-15-7-5-4-6-14(15)16(20)19(2)12-13-8-10-17-11-9-13/h4-11,18H,3,12H2,1-2H3. The molecule has 0 spiro atoms. The molecule has 1 amide bonds. The number of amides is 1. The van der Waals surface area contributed by atoms with Crippen molar-refractivity contribution in [3.63, 3.8) is 0 Å². The summed E-state index contributed by atoms with van der Waals surface area (Å²) in [6.45, 7) is 3.38. The van der Waals surface area contributed by atoms with Crippen molar-refractivity contribution in [2.75, 3.05) is 18.9 Å². The number of aromatic nitrogens is 1. The van der Waals surface area contributed by atoms with Crippen molar-refractivity contribution in [3.05, 3.63) is 59.9 Å². The van der Waals surface area contributed by atoms with Gasteiger partial charge in [-0.2, -0.15) is 0 Å². The molecule has 4 heteroatoms. The molecule has 0 aliphatic carbocycles. The predicted molar refractivity (Wildman–Crippen MR) is 80.6 cm³/mol. The van der Waals surface area contributed by atoms with Gasteiger partial charge < -0.3 is 10.2 Å². The van der Waals surface area contributed by atoms with E-state index in [-0.39, 0.29) is 5.91 Å². The molecule has 0 aliphatic heterocycles. The van der Waals surface area contributed by atoms with Crippen molar-refractivity contribution >= 4 is 11.6 Å². The average Bonchev–Trinajstić information content (AvgIpc) is 2.48. The molecular weight excluding hydrogens is 250 g/mol. The van der Waals surface area contributed by atoms with Crippen LogP contribution in [-0.4, -0.2) is 29.4 Å². The fourth-order valence-corrected chi connectivity index (χ4v) is 2.05. The lowest BCUT2D eigenvalue weighted by Gasteiger charge is -2.19. The predicted octanol–water partition coefficient (Wildman–Crippen LogP) is 2.79. The lowest BCUT2D eigenvalue weighted by molar-refractivity contribution is 0.0786. The van der Waals surface area contributed by atoms with Crippen LogP contribution in [0.1, 0.15) is 22.8 Å². The summed E-state index contributed by atoms with van der Waals surface area (Å²) in [6.07, 6.45) is 3.47. The molecule has 1 N–H and O–H groups in total. The van der Waals surface area contributed by atoms with Crippen LogP contribution >= 0.6 is 0 Å². The third-order valence-corrected chi connectivity index (χ3v) is 3.04. The van der Waals surface area contributed by atoms with Gasteiger partial charge in [0.2, 0.25) is 0 Å². The number of para-hydroxylation sites is 1. The van der Waals surface area contributed by atoms with E-state index in [0.29, 0.717) is 12.1 Å². The monoisotopic (exact) mass is 269 g/mol. The normalized spacial score (nSPS) is 10.1. The average molecular weight is 269 g/mol. The fourth-order valence-electron chi connectivity index (χ4n) is 2.05. The molecule has 4 nitrogen and oxygen atoms in total. The molecule has 0 aliphatic rings. The van der Waals surface area contributed by atoms with Gasteiger partial charge >= 0.3 is 0 Å². The largest absolute Gasteiger partial charge is 0.385 e. The lowest BCUT2D eigenvalue weighted by atomic mass is 10.1. The highest BCUT2D eigenvalue weighted by molar-refractivity contribution is 5.99. The third kappa shape index (κ3) is 3.35. The Bertz CT molecular complexity index is 569. The summed E-state index contributed by atoms with van der Waals surface area (Å²) >= 11 is 0. The molecule has 1 heterocycles. The van der Waals surface area contributed by atoms with Gasteiger partial charge in [-0.1, -0.05) is 12.1 Å². The van der Waals surface area contributed by atoms with Gasteiger partial charge in [0, 0.05) is 38.2 Å². The quantitative estimate of drug-likeness (QED) is 0.907. The number of carbonyl (C=O) groups is 1. The van der Waals surface area contributed by atoms with Crippen molar-refractivity contribution in [1.82, 2.24) is 9.88 Å². The molecule has 0 radical (unpaired) electrons. The van der Waals surface area contributed by atoms with E-state index < -0.39 is 0 Å². The number of pyridine rings is 1. The molecular formula is C16H19N3O. The van der Waals surface area contributed by atoms with E-state index in [9.17, 15) is 4.79 Å². The van der Waals surface area contributed by atoms with E-state index in [2.05, 4.69) is 10.3 Å². The minimum Gasteiger partial charge on any atom is -0.385 e. The first-order valence-corrected chi connectivity index (χ1v) is 6.69. The first kappa shape index (κ1) is 14.1. The molecule has 1 aromatic carbocycles. The van der Waals surface area contributed by atoms with E-state index in [1.54, 1.807) is 17.3 Å². The molecule has 20 heavy (non-hydrogen) atoms. The van der Waals surface area contributed by atoms with Gasteiger partial charge in [-0.3, -0.25) is 9.78 Å². The zero-order valence-electron chi connectivity index (χ0n) is 11.8. The Morgan fingerprint density at radius 1 is 1.20 bits per heavy atom. The van der Waals surface area contributed by atoms with E-state index in [0.717, 1.165) is 17.8 Å². The highest BCUT2D eigenvalue weighted by Gasteiger charge is 2.15. The number of nitrogens with one attached hydrogen (secondary N) is 1. The Hall–Kier alpha value is -2.36. The van der Waals surface area contributed by atoms with Crippen molar-refractivity contribution < 1.29 is 4.79 Å². The van der Waals surface area contributed by atoms with Crippen LogP contribution in [0.5, 0.6) is 0 Å². The van der Waals surface area contributed by atoms with E-state index in [1.165, 1.54) is 0 Å². The second kappa shape index (κ2) is 6.70. The first-order valence-electron chi connectivity index (χ1n) is 6.69. The second-order valence-corrected chi connectivity index (χ2v) is 4.59. The van der Waals surface area contributed by atoms with E-state index >= 15 is 0 Å². The van der Waals surface area contributed by atoms with E-state index in [4.69, 9.17) is 0 Å².